The lowest BCUT2D eigenvalue weighted by molar-refractivity contribution is 0.0748. The third-order valence-electron chi connectivity index (χ3n) is 2.21. The summed E-state index contributed by atoms with van der Waals surface area (Å²) in [5.41, 5.74) is 0.531. The van der Waals surface area contributed by atoms with Gasteiger partial charge in [-0.3, -0.25) is 0 Å². The number of ether oxygens (including phenoxy) is 2. The second kappa shape index (κ2) is 9.87. The molecule has 0 aromatic heterocycles. The molecule has 0 aliphatic carbocycles. The third kappa shape index (κ3) is 17.0. The van der Waals surface area contributed by atoms with Crippen LogP contribution in [0.15, 0.2) is 0 Å². The first-order chi connectivity index (χ1) is 9.21. The molecule has 0 atom stereocenters. The lowest BCUT2D eigenvalue weighted by atomic mass is 9.93. The zero-order valence-corrected chi connectivity index (χ0v) is 14.1. The molecule has 0 radical (unpaired) electrons. The monoisotopic (exact) mass is 278 g/mol. The van der Waals surface area contributed by atoms with Gasteiger partial charge in [0, 0.05) is 12.8 Å². The molecule has 0 aliphatic heterocycles. The molecule has 0 aromatic carbocycles. The fourth-order valence-corrected chi connectivity index (χ4v) is 1.12. The molecule has 20 heavy (non-hydrogen) atoms. The summed E-state index contributed by atoms with van der Waals surface area (Å²) in [5.74, 6) is 12.3. The molecule has 2 nitrogen and oxygen atoms in total. The molecule has 0 spiro atoms. The van der Waals surface area contributed by atoms with E-state index >= 15 is 0 Å². The Morgan fingerprint density at radius 1 is 0.600 bits per heavy atom. The second-order valence-electron chi connectivity index (χ2n) is 7.29. The van der Waals surface area contributed by atoms with E-state index in [1.54, 1.807) is 0 Å². The topological polar surface area (TPSA) is 18.5 Å². The van der Waals surface area contributed by atoms with Crippen LogP contribution in [-0.2, 0) is 9.47 Å². The van der Waals surface area contributed by atoms with E-state index in [1.165, 1.54) is 0 Å². The fraction of sp³-hybridized carbons (Fsp3) is 0.778. The van der Waals surface area contributed by atoms with Gasteiger partial charge < -0.3 is 9.47 Å². The molecule has 0 heterocycles. The fourth-order valence-electron chi connectivity index (χ4n) is 1.12. The average Bonchev–Trinajstić information content (AvgIpc) is 2.27. The highest BCUT2D eigenvalue weighted by Gasteiger charge is 2.06. The molecule has 0 fully saturated rings. The van der Waals surface area contributed by atoms with E-state index in [-0.39, 0.29) is 10.8 Å². The SMILES string of the molecule is CC(C)(C)CC#CCOCCOCC#CCC(C)(C)C. The van der Waals surface area contributed by atoms with Gasteiger partial charge in [0.2, 0.25) is 0 Å². The molecular formula is C18H30O2. The first-order valence-electron chi connectivity index (χ1n) is 7.28. The van der Waals surface area contributed by atoms with Crippen LogP contribution >= 0.6 is 0 Å². The van der Waals surface area contributed by atoms with Crippen molar-refractivity contribution in [1.82, 2.24) is 0 Å². The van der Waals surface area contributed by atoms with E-state index in [1.807, 2.05) is 0 Å². The van der Waals surface area contributed by atoms with Crippen LogP contribution in [-0.4, -0.2) is 26.4 Å². The van der Waals surface area contributed by atoms with Crippen molar-refractivity contribution in [3.63, 3.8) is 0 Å². The van der Waals surface area contributed by atoms with Gasteiger partial charge in [-0.2, -0.15) is 0 Å². The first kappa shape index (κ1) is 19.0. The van der Waals surface area contributed by atoms with Crippen molar-refractivity contribution >= 4 is 0 Å². The molecule has 114 valence electrons. The van der Waals surface area contributed by atoms with Gasteiger partial charge in [0.15, 0.2) is 0 Å². The Labute approximate surface area is 125 Å². The molecule has 0 N–H and O–H groups in total. The maximum atomic E-state index is 5.36. The highest BCUT2D eigenvalue weighted by Crippen LogP contribution is 2.17. The minimum Gasteiger partial charge on any atom is -0.366 e. The molecule has 0 unspecified atom stereocenters. The Hall–Kier alpha value is -0.960. The molecule has 0 saturated heterocycles. The minimum atomic E-state index is 0.266. The average molecular weight is 278 g/mol. The van der Waals surface area contributed by atoms with Crippen molar-refractivity contribution in [3.05, 3.63) is 0 Å². The Morgan fingerprint density at radius 3 is 1.25 bits per heavy atom. The van der Waals surface area contributed by atoms with E-state index < -0.39 is 0 Å². The molecule has 0 rings (SSSR count). The predicted octanol–water partition coefficient (Wildman–Crippen LogP) is 3.90. The van der Waals surface area contributed by atoms with Crippen LogP contribution in [0.1, 0.15) is 54.4 Å². The summed E-state index contributed by atoms with van der Waals surface area (Å²) in [6.45, 7) is 15.2. The molecule has 0 aromatic rings. The van der Waals surface area contributed by atoms with Crippen LogP contribution in [0.3, 0.4) is 0 Å². The lowest BCUT2D eigenvalue weighted by Crippen LogP contribution is -2.05. The molecular weight excluding hydrogens is 248 g/mol. The largest absolute Gasteiger partial charge is 0.366 e. The van der Waals surface area contributed by atoms with Crippen molar-refractivity contribution in [2.75, 3.05) is 26.4 Å². The maximum absolute atomic E-state index is 5.36. The van der Waals surface area contributed by atoms with E-state index in [2.05, 4.69) is 65.2 Å². The Kier molecular flexibility index (Phi) is 9.39. The molecule has 0 aliphatic rings. The van der Waals surface area contributed by atoms with Gasteiger partial charge in [0.25, 0.3) is 0 Å². The second-order valence-corrected chi connectivity index (χ2v) is 7.29. The standard InChI is InChI=1S/C18H30O2/c1-17(2,3)11-7-9-13-19-15-16-20-14-10-8-12-18(4,5)6/h11-16H2,1-6H3. The first-order valence-corrected chi connectivity index (χ1v) is 7.28. The summed E-state index contributed by atoms with van der Waals surface area (Å²) in [6.07, 6.45) is 1.80. The van der Waals surface area contributed by atoms with Gasteiger partial charge >= 0.3 is 0 Å². The quantitative estimate of drug-likeness (QED) is 0.561. The number of rotatable bonds is 5. The van der Waals surface area contributed by atoms with Crippen molar-refractivity contribution in [2.24, 2.45) is 10.8 Å². The van der Waals surface area contributed by atoms with Gasteiger partial charge in [-0.25, -0.2) is 0 Å². The van der Waals surface area contributed by atoms with Gasteiger partial charge in [-0.1, -0.05) is 53.4 Å². The van der Waals surface area contributed by atoms with E-state index in [4.69, 9.17) is 9.47 Å². The van der Waals surface area contributed by atoms with Crippen molar-refractivity contribution in [3.8, 4) is 23.7 Å². The number of hydrogen-bond acceptors (Lipinski definition) is 2. The summed E-state index contributed by atoms with van der Waals surface area (Å²) in [6, 6.07) is 0. The van der Waals surface area contributed by atoms with Crippen LogP contribution in [0.2, 0.25) is 0 Å². The van der Waals surface area contributed by atoms with Crippen LogP contribution < -0.4 is 0 Å². The normalized spacial score (nSPS) is 11.3. The van der Waals surface area contributed by atoms with E-state index in [9.17, 15) is 0 Å². The summed E-state index contributed by atoms with van der Waals surface area (Å²) >= 11 is 0. The summed E-state index contributed by atoms with van der Waals surface area (Å²) in [4.78, 5) is 0. The van der Waals surface area contributed by atoms with E-state index in [0.29, 0.717) is 26.4 Å². The van der Waals surface area contributed by atoms with Crippen molar-refractivity contribution in [2.45, 2.75) is 54.4 Å². The van der Waals surface area contributed by atoms with Gasteiger partial charge in [0.05, 0.1) is 13.2 Å². The summed E-state index contributed by atoms with van der Waals surface area (Å²) in [5, 5.41) is 0. The molecule has 2 heteroatoms. The molecule has 0 bridgehead atoms. The Bertz CT molecular complexity index is 323. The zero-order valence-electron chi connectivity index (χ0n) is 14.1. The summed E-state index contributed by atoms with van der Waals surface area (Å²) in [7, 11) is 0. The highest BCUT2D eigenvalue weighted by atomic mass is 16.5. The van der Waals surface area contributed by atoms with Crippen molar-refractivity contribution in [1.29, 1.82) is 0 Å². The third-order valence-corrected chi connectivity index (χ3v) is 2.21. The van der Waals surface area contributed by atoms with E-state index in [0.717, 1.165) is 12.8 Å². The van der Waals surface area contributed by atoms with Crippen LogP contribution in [0.25, 0.3) is 0 Å². The van der Waals surface area contributed by atoms with Crippen LogP contribution in [0.5, 0.6) is 0 Å². The maximum Gasteiger partial charge on any atom is 0.107 e. The number of hydrogen-bond donors (Lipinski definition) is 0. The predicted molar refractivity (Wildman–Crippen MR) is 85.3 cm³/mol. The highest BCUT2D eigenvalue weighted by molar-refractivity contribution is 5.02. The summed E-state index contributed by atoms with van der Waals surface area (Å²) < 4.78 is 10.7. The zero-order chi connectivity index (χ0) is 15.5. The molecule has 0 saturated carbocycles. The molecule has 0 amide bonds. The Morgan fingerprint density at radius 2 is 0.950 bits per heavy atom. The smallest absolute Gasteiger partial charge is 0.107 e. The van der Waals surface area contributed by atoms with Gasteiger partial charge in [0.1, 0.15) is 13.2 Å². The minimum absolute atomic E-state index is 0.266. The van der Waals surface area contributed by atoms with Crippen LogP contribution in [0.4, 0.5) is 0 Å². The van der Waals surface area contributed by atoms with Crippen molar-refractivity contribution < 1.29 is 9.47 Å². The van der Waals surface area contributed by atoms with Gasteiger partial charge in [-0.15, -0.1) is 11.8 Å². The van der Waals surface area contributed by atoms with Gasteiger partial charge in [-0.05, 0) is 10.8 Å². The Balaban J connectivity index is 3.42. The lowest BCUT2D eigenvalue weighted by Gasteiger charge is -2.12. The van der Waals surface area contributed by atoms with Crippen LogP contribution in [0, 0.1) is 34.5 Å².